The van der Waals surface area contributed by atoms with Gasteiger partial charge in [0, 0.05) is 79.7 Å². The van der Waals surface area contributed by atoms with Crippen LogP contribution in [0.15, 0.2) is 94.9 Å². The fourth-order valence-electron chi connectivity index (χ4n) is 7.48. The highest BCUT2D eigenvalue weighted by Crippen LogP contribution is 2.41. The smallest absolute Gasteiger partial charge is 0.418 e. The van der Waals surface area contributed by atoms with Gasteiger partial charge in [0.25, 0.3) is 0 Å². The Kier molecular flexibility index (Phi) is 12.5. The standard InChI is InChI=1S/C23H23F3N4O2.C21H20F3N3O3/c1-14(31)29(2)16-9-10-30(13-16)21-8-7-15(11-19(21)23(24,25)26)27-12-18-17-5-3-4-6-20(17)28-22(18)32;1-27(12-19-29-8-9-30-19)18-7-6-13(10-16(18)21(22,23)24)25-11-15-14-4-2-3-5-17(14)26-20(15)28/h3-8,11-12,16,28,32H,9-10,13H2,1-2H3;2-7,10-11,19,26,28H,8-9,12H2,1H3. The van der Waals surface area contributed by atoms with E-state index in [1.165, 1.54) is 48.5 Å². The van der Waals surface area contributed by atoms with E-state index < -0.39 is 29.8 Å². The van der Waals surface area contributed by atoms with Crippen molar-refractivity contribution in [1.29, 1.82) is 0 Å². The summed E-state index contributed by atoms with van der Waals surface area (Å²) < 4.78 is 93.3. The van der Waals surface area contributed by atoms with E-state index in [0.29, 0.717) is 54.9 Å². The molecule has 12 nitrogen and oxygen atoms in total. The van der Waals surface area contributed by atoms with E-state index in [1.807, 2.05) is 12.1 Å². The quantitative estimate of drug-likeness (QED) is 0.0839. The van der Waals surface area contributed by atoms with E-state index >= 15 is 0 Å². The lowest BCUT2D eigenvalue weighted by Crippen LogP contribution is -2.37. The molecule has 18 heteroatoms. The molecule has 6 aromatic rings. The van der Waals surface area contributed by atoms with Gasteiger partial charge in [-0.15, -0.1) is 0 Å². The van der Waals surface area contributed by atoms with Gasteiger partial charge in [0.2, 0.25) is 5.91 Å². The number of halogens is 6. The Labute approximate surface area is 351 Å². The SMILES string of the molecule is CC(=O)N(C)C1CCN(c2ccc(N=Cc3c(O)[nH]c4ccccc34)cc2C(F)(F)F)C1.CN(CC1OCCO1)c1ccc(N=Cc2c(O)[nH]c3ccccc23)cc1C(F)(F)F. The molecule has 4 N–H and O–H groups in total. The number of carbonyl (C=O) groups excluding carboxylic acids is 1. The van der Waals surface area contributed by atoms with Gasteiger partial charge in [-0.25, -0.2) is 0 Å². The minimum Gasteiger partial charge on any atom is -0.494 e. The van der Waals surface area contributed by atoms with Gasteiger partial charge in [0.15, 0.2) is 18.1 Å². The van der Waals surface area contributed by atoms with Gasteiger partial charge in [-0.1, -0.05) is 36.4 Å². The number of carbonyl (C=O) groups is 1. The number of fused-ring (bicyclic) bond motifs is 2. The maximum Gasteiger partial charge on any atom is 0.418 e. The summed E-state index contributed by atoms with van der Waals surface area (Å²) in [6.45, 7) is 3.25. The molecule has 1 atom stereocenters. The highest BCUT2D eigenvalue weighted by molar-refractivity contribution is 6.03. The minimum absolute atomic E-state index is 0.00971. The third-order valence-corrected chi connectivity index (χ3v) is 10.8. The molecule has 0 bridgehead atoms. The molecule has 326 valence electrons. The van der Waals surface area contributed by atoms with Gasteiger partial charge in [-0.05, 0) is 55.0 Å². The number of para-hydroxylation sites is 2. The van der Waals surface area contributed by atoms with Crippen molar-refractivity contribution in [3.8, 4) is 11.8 Å². The number of anilines is 2. The Morgan fingerprint density at radius 2 is 1.31 bits per heavy atom. The van der Waals surface area contributed by atoms with Crippen LogP contribution in [0.1, 0.15) is 35.6 Å². The number of aromatic amines is 2. The average molecular weight is 864 g/mol. The van der Waals surface area contributed by atoms with Gasteiger partial charge < -0.3 is 44.4 Å². The number of ether oxygens (including phenoxy) is 2. The van der Waals surface area contributed by atoms with Gasteiger partial charge in [-0.3, -0.25) is 14.8 Å². The Morgan fingerprint density at radius 1 is 0.790 bits per heavy atom. The molecule has 62 heavy (non-hydrogen) atoms. The monoisotopic (exact) mass is 863 g/mol. The Balaban J connectivity index is 0.000000187. The number of aliphatic imine (C=N–C) groups is 2. The summed E-state index contributed by atoms with van der Waals surface area (Å²) in [6.07, 6.45) is -6.36. The van der Waals surface area contributed by atoms with Gasteiger partial charge in [0.05, 0.1) is 59.4 Å². The van der Waals surface area contributed by atoms with Crippen LogP contribution >= 0.6 is 0 Å². The summed E-state index contributed by atoms with van der Waals surface area (Å²) in [5, 5.41) is 21.7. The number of aromatic nitrogens is 2. The molecule has 1 amide bonds. The molecular formula is C44H43F6N7O5. The van der Waals surface area contributed by atoms with E-state index in [9.17, 15) is 41.4 Å². The Bertz CT molecular complexity index is 2610. The zero-order valence-corrected chi connectivity index (χ0v) is 33.8. The number of alkyl halides is 6. The molecule has 2 fully saturated rings. The molecule has 0 spiro atoms. The summed E-state index contributed by atoms with van der Waals surface area (Å²) in [7, 11) is 3.22. The number of rotatable bonds is 9. The third-order valence-electron chi connectivity index (χ3n) is 10.8. The summed E-state index contributed by atoms with van der Waals surface area (Å²) in [5.74, 6) is -0.303. The summed E-state index contributed by atoms with van der Waals surface area (Å²) in [4.78, 5) is 30.3. The fraction of sp³-hybridized carbons (Fsp3) is 0.295. The lowest BCUT2D eigenvalue weighted by atomic mass is 10.1. The molecule has 4 aromatic carbocycles. The lowest BCUT2D eigenvalue weighted by Gasteiger charge is -2.26. The predicted molar refractivity (Wildman–Crippen MR) is 225 cm³/mol. The van der Waals surface area contributed by atoms with Crippen molar-refractivity contribution in [2.24, 2.45) is 9.98 Å². The van der Waals surface area contributed by atoms with E-state index in [-0.39, 0.29) is 53.0 Å². The second kappa shape index (κ2) is 17.8. The van der Waals surface area contributed by atoms with Crippen LogP contribution in [0.5, 0.6) is 11.8 Å². The molecule has 0 aliphatic carbocycles. The van der Waals surface area contributed by atoms with Crippen LogP contribution in [0.2, 0.25) is 0 Å². The van der Waals surface area contributed by atoms with E-state index in [0.717, 1.165) is 22.9 Å². The van der Waals surface area contributed by atoms with Crippen molar-refractivity contribution in [1.82, 2.24) is 14.9 Å². The zero-order valence-electron chi connectivity index (χ0n) is 33.8. The number of nitrogens with one attached hydrogen (secondary N) is 2. The maximum atomic E-state index is 13.9. The summed E-state index contributed by atoms with van der Waals surface area (Å²) in [6, 6.07) is 22.1. The molecule has 2 aromatic heterocycles. The largest absolute Gasteiger partial charge is 0.494 e. The van der Waals surface area contributed by atoms with Crippen LogP contribution in [-0.2, 0) is 26.6 Å². The first-order valence-electron chi connectivity index (χ1n) is 19.5. The lowest BCUT2D eigenvalue weighted by molar-refractivity contribution is -0.137. The van der Waals surface area contributed by atoms with E-state index in [4.69, 9.17) is 9.47 Å². The first-order valence-corrected chi connectivity index (χ1v) is 19.5. The van der Waals surface area contributed by atoms with E-state index in [1.54, 1.807) is 60.3 Å². The highest BCUT2D eigenvalue weighted by atomic mass is 19.4. The van der Waals surface area contributed by atoms with Crippen LogP contribution in [-0.4, -0.2) is 103 Å². The molecule has 4 heterocycles. The van der Waals surface area contributed by atoms with Crippen LogP contribution < -0.4 is 9.80 Å². The Morgan fingerprint density at radius 3 is 1.84 bits per heavy atom. The highest BCUT2D eigenvalue weighted by Gasteiger charge is 2.38. The van der Waals surface area contributed by atoms with Crippen molar-refractivity contribution in [2.75, 3.05) is 56.7 Å². The third kappa shape index (κ3) is 9.66. The van der Waals surface area contributed by atoms with Gasteiger partial charge in [-0.2, -0.15) is 26.3 Å². The van der Waals surface area contributed by atoms with Gasteiger partial charge in [0.1, 0.15) is 0 Å². The normalized spacial score (nSPS) is 16.2. The van der Waals surface area contributed by atoms with Crippen LogP contribution in [0.25, 0.3) is 21.8 Å². The average Bonchev–Trinajstić information content (AvgIpc) is 4.05. The van der Waals surface area contributed by atoms with Crippen molar-refractivity contribution >= 4 is 62.9 Å². The number of aromatic hydroxyl groups is 2. The number of H-pyrrole nitrogens is 2. The molecule has 2 saturated heterocycles. The number of likely N-dealkylation sites (N-methyl/N-ethyl adjacent to an activating group) is 2. The molecule has 2 aliphatic heterocycles. The van der Waals surface area contributed by atoms with Crippen LogP contribution in [0.4, 0.5) is 49.1 Å². The summed E-state index contributed by atoms with van der Waals surface area (Å²) in [5.41, 5.74) is 0.991. The number of hydrogen-bond acceptors (Lipinski definition) is 9. The van der Waals surface area contributed by atoms with Crippen LogP contribution in [0, 0.1) is 0 Å². The number of benzene rings is 4. The molecule has 1 unspecified atom stereocenters. The van der Waals surface area contributed by atoms with E-state index in [2.05, 4.69) is 20.0 Å². The first-order chi connectivity index (χ1) is 29.5. The molecule has 0 radical (unpaired) electrons. The molecule has 8 rings (SSSR count). The van der Waals surface area contributed by atoms with Crippen LogP contribution in [0.3, 0.4) is 0 Å². The fourth-order valence-corrected chi connectivity index (χ4v) is 7.48. The summed E-state index contributed by atoms with van der Waals surface area (Å²) >= 11 is 0. The van der Waals surface area contributed by atoms with Gasteiger partial charge >= 0.3 is 12.4 Å². The number of hydrogen-bond donors (Lipinski definition) is 4. The molecule has 2 aliphatic rings. The van der Waals surface area contributed by atoms with Crippen molar-refractivity contribution < 1.29 is 50.8 Å². The maximum absolute atomic E-state index is 13.9. The van der Waals surface area contributed by atoms with Crippen molar-refractivity contribution in [3.05, 3.63) is 107 Å². The minimum atomic E-state index is -4.56. The van der Waals surface area contributed by atoms with Crippen molar-refractivity contribution in [2.45, 2.75) is 38.0 Å². The second-order valence-electron chi connectivity index (χ2n) is 14.9. The zero-order chi connectivity index (χ0) is 44.3. The number of amides is 1. The Hall–Kier alpha value is -6.53. The number of nitrogens with zero attached hydrogens (tertiary/aromatic N) is 5. The second-order valence-corrected chi connectivity index (χ2v) is 14.9. The van der Waals surface area contributed by atoms with Crippen molar-refractivity contribution in [3.63, 3.8) is 0 Å². The predicted octanol–water partition coefficient (Wildman–Crippen LogP) is 9.15. The first kappa shape index (κ1) is 43.6. The molecule has 0 saturated carbocycles. The molecular weight excluding hydrogens is 821 g/mol. The topological polar surface area (TPSA) is 142 Å².